The highest BCUT2D eigenvalue weighted by Gasteiger charge is 2.30. The summed E-state index contributed by atoms with van der Waals surface area (Å²) in [5.41, 5.74) is 0.235. The summed E-state index contributed by atoms with van der Waals surface area (Å²) in [6.45, 7) is 7.92. The van der Waals surface area contributed by atoms with Crippen LogP contribution < -0.4 is 20.5 Å². The highest BCUT2D eigenvalue weighted by Crippen LogP contribution is 2.36. The molecule has 1 unspecified atom stereocenters. The average molecular weight is 372 g/mol. The number of nitrogens with zero attached hydrogens (tertiary/aromatic N) is 5. The normalized spacial score (nSPS) is 14.0. The van der Waals surface area contributed by atoms with Gasteiger partial charge in [-0.2, -0.15) is 4.98 Å². The number of unbranched alkanes of at least 4 members (excludes halogenated alkanes) is 2. The van der Waals surface area contributed by atoms with E-state index in [1.807, 2.05) is 4.57 Å². The van der Waals surface area contributed by atoms with Crippen LogP contribution in [0.25, 0.3) is 0 Å². The number of fused-ring (bicyclic) bond motifs is 1. The molecule has 1 aliphatic heterocycles. The Bertz CT molecular complexity index is 808. The van der Waals surface area contributed by atoms with E-state index >= 15 is 0 Å². The van der Waals surface area contributed by atoms with Gasteiger partial charge in [-0.15, -0.1) is 0 Å². The molecule has 1 atom stereocenters. The minimum absolute atomic E-state index is 0.136. The van der Waals surface area contributed by atoms with Crippen molar-refractivity contribution < 1.29 is 4.74 Å². The quantitative estimate of drug-likeness (QED) is 0.674. The van der Waals surface area contributed by atoms with Crippen LogP contribution in [0.3, 0.4) is 0 Å². The first-order valence-electron chi connectivity index (χ1n) is 9.75. The third-order valence-corrected chi connectivity index (χ3v) is 4.70. The van der Waals surface area contributed by atoms with E-state index in [2.05, 4.69) is 45.9 Å². The molecule has 8 nitrogen and oxygen atoms in total. The molecule has 0 saturated heterocycles. The van der Waals surface area contributed by atoms with Crippen molar-refractivity contribution >= 4 is 11.5 Å². The third-order valence-electron chi connectivity index (χ3n) is 4.70. The first-order valence-corrected chi connectivity index (χ1v) is 9.75. The van der Waals surface area contributed by atoms with Crippen LogP contribution in [-0.4, -0.2) is 32.7 Å². The molecular formula is C19H28N6O2. The molecule has 0 aromatic carbocycles. The lowest BCUT2D eigenvalue weighted by molar-refractivity contribution is 0.345. The monoisotopic (exact) mass is 372 g/mol. The third kappa shape index (κ3) is 4.20. The van der Waals surface area contributed by atoms with Crippen LogP contribution in [0.2, 0.25) is 0 Å². The van der Waals surface area contributed by atoms with Gasteiger partial charge in [-0.1, -0.05) is 33.1 Å². The van der Waals surface area contributed by atoms with E-state index in [1.54, 1.807) is 18.5 Å². The molecule has 1 aliphatic rings. The summed E-state index contributed by atoms with van der Waals surface area (Å²) in [6.07, 6.45) is 8.63. The smallest absolute Gasteiger partial charge is 0.324 e. The zero-order chi connectivity index (χ0) is 19.2. The average Bonchev–Trinajstić information content (AvgIpc) is 3.07. The molecule has 2 aromatic rings. The first kappa shape index (κ1) is 19.1. The van der Waals surface area contributed by atoms with Gasteiger partial charge in [0.2, 0.25) is 0 Å². The van der Waals surface area contributed by atoms with Gasteiger partial charge in [0.05, 0.1) is 6.67 Å². The predicted octanol–water partition coefficient (Wildman–Crippen LogP) is 3.57. The second-order valence-electron chi connectivity index (χ2n) is 6.84. The van der Waals surface area contributed by atoms with Gasteiger partial charge < -0.3 is 15.0 Å². The first-order chi connectivity index (χ1) is 13.2. The summed E-state index contributed by atoms with van der Waals surface area (Å²) in [7, 11) is 0. The Balaban J connectivity index is 2.04. The Morgan fingerprint density at radius 3 is 2.70 bits per heavy atom. The fraction of sp³-hybridized carbons (Fsp3) is 0.579. The van der Waals surface area contributed by atoms with Gasteiger partial charge in [0.15, 0.2) is 0 Å². The van der Waals surface area contributed by atoms with Gasteiger partial charge in [0, 0.05) is 25.0 Å². The summed E-state index contributed by atoms with van der Waals surface area (Å²) in [6, 6.07) is 2.29. The molecule has 0 bridgehead atoms. The topological polar surface area (TPSA) is 85.2 Å². The van der Waals surface area contributed by atoms with E-state index < -0.39 is 0 Å². The van der Waals surface area contributed by atoms with Crippen molar-refractivity contribution in [3.8, 4) is 12.0 Å². The number of nitrogens with one attached hydrogen (secondary N) is 1. The largest absolute Gasteiger partial charge is 0.390 e. The Kier molecular flexibility index (Phi) is 6.26. The lowest BCUT2D eigenvalue weighted by Gasteiger charge is -2.26. The van der Waals surface area contributed by atoms with E-state index in [9.17, 15) is 4.79 Å². The highest BCUT2D eigenvalue weighted by atomic mass is 16.5. The van der Waals surface area contributed by atoms with E-state index in [0.29, 0.717) is 12.4 Å². The fourth-order valence-corrected chi connectivity index (χ4v) is 3.38. The molecule has 2 aromatic heterocycles. The molecule has 0 aliphatic carbocycles. The molecule has 0 spiro atoms. The summed E-state index contributed by atoms with van der Waals surface area (Å²) in [5.74, 6) is 0.853. The Labute approximate surface area is 159 Å². The van der Waals surface area contributed by atoms with Gasteiger partial charge >= 0.3 is 17.6 Å². The van der Waals surface area contributed by atoms with Crippen molar-refractivity contribution in [2.75, 3.05) is 23.4 Å². The van der Waals surface area contributed by atoms with Gasteiger partial charge in [0.25, 0.3) is 0 Å². The van der Waals surface area contributed by atoms with Crippen LogP contribution in [0.4, 0.5) is 11.5 Å². The van der Waals surface area contributed by atoms with Crippen molar-refractivity contribution in [2.24, 2.45) is 0 Å². The van der Waals surface area contributed by atoms with E-state index in [4.69, 9.17) is 4.74 Å². The van der Waals surface area contributed by atoms with Crippen molar-refractivity contribution in [3.05, 3.63) is 28.8 Å². The molecule has 27 heavy (non-hydrogen) atoms. The summed E-state index contributed by atoms with van der Waals surface area (Å²) in [4.78, 5) is 27.2. The second-order valence-corrected chi connectivity index (χ2v) is 6.84. The number of ether oxygens (including phenoxy) is 1. The number of aromatic nitrogens is 4. The summed E-state index contributed by atoms with van der Waals surface area (Å²) in [5, 5.41) is 3.20. The molecular weight excluding hydrogens is 344 g/mol. The molecule has 8 heteroatoms. The van der Waals surface area contributed by atoms with Crippen LogP contribution in [-0.2, 0) is 0 Å². The number of hydrogen-bond donors (Lipinski definition) is 1. The number of anilines is 2. The summed E-state index contributed by atoms with van der Waals surface area (Å²) >= 11 is 0. The molecule has 1 N–H and O–H groups in total. The zero-order valence-electron chi connectivity index (χ0n) is 16.3. The van der Waals surface area contributed by atoms with E-state index in [-0.39, 0.29) is 23.6 Å². The second kappa shape index (κ2) is 8.83. The standard InChI is InChI=1S/C19H28N6O2/c1-4-6-7-9-14(3)25-17-15(22-13-24(17)12-5-2)16(26)23-19(25)27-18-20-10-8-11-21-18/h8,10-11,14,22H,4-7,9,12-13H2,1-3H3. The maximum absolute atomic E-state index is 12.6. The van der Waals surface area contributed by atoms with E-state index in [0.717, 1.165) is 38.0 Å². The molecule has 0 fully saturated rings. The minimum Gasteiger partial charge on any atom is -0.390 e. The number of rotatable bonds is 9. The lowest BCUT2D eigenvalue weighted by Crippen LogP contribution is -2.28. The van der Waals surface area contributed by atoms with Crippen LogP contribution in [0, 0.1) is 0 Å². The van der Waals surface area contributed by atoms with Gasteiger partial charge in [-0.3, -0.25) is 9.36 Å². The minimum atomic E-state index is -0.313. The van der Waals surface area contributed by atoms with Crippen LogP contribution in [0.5, 0.6) is 12.0 Å². The predicted molar refractivity (Wildman–Crippen MR) is 106 cm³/mol. The van der Waals surface area contributed by atoms with Crippen molar-refractivity contribution in [1.29, 1.82) is 0 Å². The maximum atomic E-state index is 12.6. The molecule has 3 rings (SSSR count). The SMILES string of the molecule is CCCCCC(C)n1c(Oc2ncccn2)nc(=O)c2c1N(CCC)CN2. The Morgan fingerprint density at radius 1 is 1.22 bits per heavy atom. The van der Waals surface area contributed by atoms with Crippen LogP contribution in [0.15, 0.2) is 23.3 Å². The molecule has 0 amide bonds. The zero-order valence-corrected chi connectivity index (χ0v) is 16.3. The van der Waals surface area contributed by atoms with Crippen LogP contribution >= 0.6 is 0 Å². The van der Waals surface area contributed by atoms with Gasteiger partial charge in [-0.25, -0.2) is 9.97 Å². The van der Waals surface area contributed by atoms with Crippen molar-refractivity contribution in [3.63, 3.8) is 0 Å². The van der Waals surface area contributed by atoms with E-state index in [1.165, 1.54) is 6.42 Å². The summed E-state index contributed by atoms with van der Waals surface area (Å²) < 4.78 is 7.87. The van der Waals surface area contributed by atoms with Crippen molar-refractivity contribution in [2.45, 2.75) is 58.9 Å². The number of hydrogen-bond acceptors (Lipinski definition) is 7. The molecule has 0 radical (unpaired) electrons. The fourth-order valence-electron chi connectivity index (χ4n) is 3.38. The lowest BCUT2D eigenvalue weighted by atomic mass is 10.1. The van der Waals surface area contributed by atoms with Gasteiger partial charge in [-0.05, 0) is 25.8 Å². The highest BCUT2D eigenvalue weighted by molar-refractivity contribution is 5.71. The Morgan fingerprint density at radius 2 is 2.00 bits per heavy atom. The maximum Gasteiger partial charge on any atom is 0.324 e. The molecule has 3 heterocycles. The van der Waals surface area contributed by atoms with Gasteiger partial charge in [0.1, 0.15) is 11.5 Å². The molecule has 0 saturated carbocycles. The molecule has 146 valence electrons. The van der Waals surface area contributed by atoms with Crippen LogP contribution in [0.1, 0.15) is 58.9 Å². The Hall–Kier alpha value is -2.64. The van der Waals surface area contributed by atoms with Crippen molar-refractivity contribution in [1.82, 2.24) is 19.5 Å².